The summed E-state index contributed by atoms with van der Waals surface area (Å²) in [5, 5.41) is 9.85. The van der Waals surface area contributed by atoms with Gasteiger partial charge in [0.2, 0.25) is 5.95 Å². The van der Waals surface area contributed by atoms with Crippen LogP contribution in [-0.4, -0.2) is 46.0 Å². The Morgan fingerprint density at radius 2 is 2.00 bits per heavy atom. The van der Waals surface area contributed by atoms with Crippen molar-refractivity contribution in [3.05, 3.63) is 51.9 Å². The molecule has 4 N–H and O–H groups in total. The Kier molecular flexibility index (Phi) is 4.07. The van der Waals surface area contributed by atoms with E-state index in [2.05, 4.69) is 30.8 Å². The molecule has 8 nitrogen and oxygen atoms in total. The van der Waals surface area contributed by atoms with Gasteiger partial charge in [0.05, 0.1) is 16.6 Å². The number of H-pyrrole nitrogens is 2. The summed E-state index contributed by atoms with van der Waals surface area (Å²) in [6.45, 7) is 4.05. The third kappa shape index (κ3) is 2.89. The van der Waals surface area contributed by atoms with Crippen molar-refractivity contribution in [2.45, 2.75) is 6.54 Å². The molecule has 1 aliphatic heterocycles. The maximum Gasteiger partial charge on any atom is 0.262 e. The Bertz CT molecular complexity index is 1040. The highest BCUT2D eigenvalue weighted by molar-refractivity contribution is 5.79. The summed E-state index contributed by atoms with van der Waals surface area (Å²) in [6, 6.07) is 9.93. The van der Waals surface area contributed by atoms with Crippen LogP contribution in [0, 0.1) is 11.3 Å². The van der Waals surface area contributed by atoms with Gasteiger partial charge in [-0.15, -0.1) is 0 Å². The molecular weight excluding hydrogens is 330 g/mol. The van der Waals surface area contributed by atoms with Crippen molar-refractivity contribution in [1.29, 1.82) is 5.26 Å². The molecule has 4 rings (SSSR count). The average Bonchev–Trinajstić information content (AvgIpc) is 3.05. The number of hydrogen-bond acceptors (Lipinski definition) is 6. The van der Waals surface area contributed by atoms with Crippen LogP contribution in [0.2, 0.25) is 0 Å². The SMILES string of the molecule is N#Cc1ccccc1N1CCN(Cc2c[nH]c3nc(N)[nH]c(=O)c23)CC1. The standard InChI is InChI=1S/C18H19N7O/c19-9-12-3-1-2-4-14(12)25-7-5-24(6-8-25)11-13-10-21-16-15(13)17(26)23-18(20)22-16/h1-4,10H,5-8,11H2,(H4,20,21,22,23,26). The molecule has 3 heterocycles. The Hall–Kier alpha value is -3.31. The predicted molar refractivity (Wildman–Crippen MR) is 99.8 cm³/mol. The fourth-order valence-electron chi connectivity index (χ4n) is 3.48. The van der Waals surface area contributed by atoms with E-state index in [9.17, 15) is 10.1 Å². The van der Waals surface area contributed by atoms with Crippen molar-refractivity contribution in [2.24, 2.45) is 0 Å². The molecule has 8 heteroatoms. The van der Waals surface area contributed by atoms with Crippen LogP contribution < -0.4 is 16.2 Å². The normalized spacial score (nSPS) is 15.3. The Morgan fingerprint density at radius 1 is 1.23 bits per heavy atom. The number of piperazine rings is 1. The first-order chi connectivity index (χ1) is 12.7. The van der Waals surface area contributed by atoms with Crippen LogP contribution in [0.4, 0.5) is 11.6 Å². The van der Waals surface area contributed by atoms with Crippen LogP contribution in [0.3, 0.4) is 0 Å². The number of hydrogen-bond donors (Lipinski definition) is 3. The summed E-state index contributed by atoms with van der Waals surface area (Å²) in [4.78, 5) is 26.4. The van der Waals surface area contributed by atoms with Gasteiger partial charge in [0.1, 0.15) is 11.7 Å². The van der Waals surface area contributed by atoms with E-state index >= 15 is 0 Å². The van der Waals surface area contributed by atoms with Gasteiger partial charge in [0.25, 0.3) is 5.56 Å². The molecule has 1 aliphatic rings. The van der Waals surface area contributed by atoms with Crippen molar-refractivity contribution in [3.8, 4) is 6.07 Å². The van der Waals surface area contributed by atoms with E-state index in [0.29, 0.717) is 23.1 Å². The largest absolute Gasteiger partial charge is 0.369 e. The lowest BCUT2D eigenvalue weighted by molar-refractivity contribution is 0.250. The van der Waals surface area contributed by atoms with Gasteiger partial charge in [-0.1, -0.05) is 12.1 Å². The van der Waals surface area contributed by atoms with Crippen molar-refractivity contribution < 1.29 is 0 Å². The number of nitrogen functional groups attached to an aromatic ring is 1. The molecule has 0 unspecified atom stereocenters. The van der Waals surface area contributed by atoms with Gasteiger partial charge in [-0.3, -0.25) is 14.7 Å². The zero-order chi connectivity index (χ0) is 18.1. The van der Waals surface area contributed by atoms with Crippen LogP contribution >= 0.6 is 0 Å². The van der Waals surface area contributed by atoms with Gasteiger partial charge < -0.3 is 15.6 Å². The summed E-state index contributed by atoms with van der Waals surface area (Å²) >= 11 is 0. The Balaban J connectivity index is 1.48. The Morgan fingerprint density at radius 3 is 2.77 bits per heavy atom. The van der Waals surface area contributed by atoms with Gasteiger partial charge in [0, 0.05) is 38.9 Å². The quantitative estimate of drug-likeness (QED) is 0.650. The molecule has 0 bridgehead atoms. The van der Waals surface area contributed by atoms with E-state index in [1.807, 2.05) is 30.5 Å². The van der Waals surface area contributed by atoms with Crippen molar-refractivity contribution >= 4 is 22.7 Å². The average molecular weight is 349 g/mol. The summed E-state index contributed by atoms with van der Waals surface area (Å²) in [7, 11) is 0. The molecule has 2 aromatic heterocycles. The molecule has 0 atom stereocenters. The molecule has 1 fully saturated rings. The minimum absolute atomic E-state index is 0.112. The first-order valence-corrected chi connectivity index (χ1v) is 8.48. The van der Waals surface area contributed by atoms with Crippen LogP contribution in [-0.2, 0) is 6.54 Å². The molecular formula is C18H19N7O. The number of nitrogens with one attached hydrogen (secondary N) is 2. The number of aromatic nitrogens is 3. The zero-order valence-corrected chi connectivity index (χ0v) is 14.2. The number of para-hydroxylation sites is 1. The van der Waals surface area contributed by atoms with Crippen molar-refractivity contribution in [2.75, 3.05) is 36.8 Å². The summed E-state index contributed by atoms with van der Waals surface area (Å²) in [6.07, 6.45) is 1.82. The third-order valence-corrected chi connectivity index (χ3v) is 4.77. The van der Waals surface area contributed by atoms with Gasteiger partial charge >= 0.3 is 0 Å². The monoisotopic (exact) mass is 349 g/mol. The molecule has 1 saturated heterocycles. The molecule has 0 aliphatic carbocycles. The minimum atomic E-state index is -0.217. The molecule has 0 saturated carbocycles. The van der Waals surface area contributed by atoms with Gasteiger partial charge in [0.15, 0.2) is 0 Å². The number of nitrogens with zero attached hydrogens (tertiary/aromatic N) is 4. The molecule has 0 spiro atoms. The summed E-state index contributed by atoms with van der Waals surface area (Å²) in [5.41, 5.74) is 8.49. The number of anilines is 2. The number of rotatable bonds is 3. The highest BCUT2D eigenvalue weighted by Gasteiger charge is 2.21. The molecule has 132 valence electrons. The second-order valence-electron chi connectivity index (χ2n) is 6.38. The maximum absolute atomic E-state index is 12.2. The van der Waals surface area contributed by atoms with Crippen molar-refractivity contribution in [1.82, 2.24) is 19.9 Å². The van der Waals surface area contributed by atoms with Crippen LogP contribution in [0.15, 0.2) is 35.3 Å². The highest BCUT2D eigenvalue weighted by Crippen LogP contribution is 2.22. The van der Waals surface area contributed by atoms with E-state index in [1.165, 1.54) is 0 Å². The van der Waals surface area contributed by atoms with Gasteiger partial charge in [-0.25, -0.2) is 0 Å². The molecule has 1 aromatic carbocycles. The highest BCUT2D eigenvalue weighted by atomic mass is 16.1. The second-order valence-corrected chi connectivity index (χ2v) is 6.38. The lowest BCUT2D eigenvalue weighted by atomic mass is 10.1. The fraction of sp³-hybridized carbons (Fsp3) is 0.278. The number of fused-ring (bicyclic) bond motifs is 1. The zero-order valence-electron chi connectivity index (χ0n) is 14.2. The molecule has 0 amide bonds. The van der Waals surface area contributed by atoms with E-state index < -0.39 is 0 Å². The maximum atomic E-state index is 12.2. The topological polar surface area (TPSA) is 118 Å². The predicted octanol–water partition coefficient (Wildman–Crippen LogP) is 1.03. The van der Waals surface area contributed by atoms with E-state index in [-0.39, 0.29) is 11.5 Å². The summed E-state index contributed by atoms with van der Waals surface area (Å²) in [5.74, 6) is 0.112. The number of nitriles is 1. The third-order valence-electron chi connectivity index (χ3n) is 4.77. The number of nitrogens with two attached hydrogens (primary N) is 1. The first kappa shape index (κ1) is 16.2. The molecule has 26 heavy (non-hydrogen) atoms. The van der Waals surface area contributed by atoms with Crippen LogP contribution in [0.1, 0.15) is 11.1 Å². The molecule has 3 aromatic rings. The van der Waals surface area contributed by atoms with Gasteiger partial charge in [-0.05, 0) is 17.7 Å². The van der Waals surface area contributed by atoms with E-state index in [0.717, 1.165) is 37.4 Å². The lowest BCUT2D eigenvalue weighted by Gasteiger charge is -2.36. The minimum Gasteiger partial charge on any atom is -0.369 e. The van der Waals surface area contributed by atoms with E-state index in [4.69, 9.17) is 5.73 Å². The second kappa shape index (κ2) is 6.54. The summed E-state index contributed by atoms with van der Waals surface area (Å²) < 4.78 is 0. The van der Waals surface area contributed by atoms with Crippen LogP contribution in [0.25, 0.3) is 11.0 Å². The van der Waals surface area contributed by atoms with Gasteiger partial charge in [-0.2, -0.15) is 10.2 Å². The van der Waals surface area contributed by atoms with E-state index in [1.54, 1.807) is 0 Å². The first-order valence-electron chi connectivity index (χ1n) is 8.48. The van der Waals surface area contributed by atoms with Crippen molar-refractivity contribution in [3.63, 3.8) is 0 Å². The van der Waals surface area contributed by atoms with Crippen LogP contribution in [0.5, 0.6) is 0 Å². The fourth-order valence-corrected chi connectivity index (χ4v) is 3.48. The molecule has 0 radical (unpaired) electrons. The lowest BCUT2D eigenvalue weighted by Crippen LogP contribution is -2.46. The number of benzene rings is 1. The smallest absolute Gasteiger partial charge is 0.262 e. The Labute approximate surface area is 149 Å². The number of aromatic amines is 2.